The van der Waals surface area contributed by atoms with E-state index in [1.165, 1.54) is 0 Å². The highest BCUT2D eigenvalue weighted by Gasteiger charge is 2.29. The molecule has 0 saturated carbocycles. The third kappa shape index (κ3) is 4.65. The number of nitrogens with zero attached hydrogens (tertiary/aromatic N) is 1. The van der Waals surface area contributed by atoms with Gasteiger partial charge in [0.05, 0.1) is 6.54 Å². The Morgan fingerprint density at radius 3 is 2.77 bits per heavy atom. The van der Waals surface area contributed by atoms with Gasteiger partial charge in [-0.3, -0.25) is 9.59 Å². The molecule has 26 heavy (non-hydrogen) atoms. The predicted molar refractivity (Wildman–Crippen MR) is 106 cm³/mol. The molecule has 1 heterocycles. The van der Waals surface area contributed by atoms with Crippen LogP contribution in [-0.2, 0) is 11.2 Å². The first-order valence-corrected chi connectivity index (χ1v) is 9.78. The first-order valence-electron chi connectivity index (χ1n) is 8.61. The number of likely N-dealkylation sites (tertiary alicyclic amines) is 1. The van der Waals surface area contributed by atoms with Gasteiger partial charge in [0.25, 0.3) is 5.91 Å². The van der Waals surface area contributed by atoms with E-state index >= 15 is 0 Å². The van der Waals surface area contributed by atoms with Crippen LogP contribution in [0.15, 0.2) is 53.0 Å². The van der Waals surface area contributed by atoms with Crippen molar-refractivity contribution in [3.8, 4) is 0 Å². The van der Waals surface area contributed by atoms with Crippen molar-refractivity contribution in [2.75, 3.05) is 13.1 Å². The van der Waals surface area contributed by atoms with Crippen LogP contribution in [-0.4, -0.2) is 35.8 Å². The number of benzene rings is 2. The van der Waals surface area contributed by atoms with Crippen LogP contribution in [0.2, 0.25) is 5.02 Å². The summed E-state index contributed by atoms with van der Waals surface area (Å²) in [6.45, 7) is 0.727. The van der Waals surface area contributed by atoms with E-state index in [0.29, 0.717) is 5.56 Å². The number of carbonyl (C=O) groups excluding carboxylic acids is 2. The SMILES string of the molecule is O=C(NCC(=O)N1CCCC1Cc1ccccc1Cl)c1cccc(Br)c1. The van der Waals surface area contributed by atoms with E-state index in [-0.39, 0.29) is 24.4 Å². The molecule has 1 N–H and O–H groups in total. The summed E-state index contributed by atoms with van der Waals surface area (Å²) in [5, 5.41) is 3.45. The lowest BCUT2D eigenvalue weighted by atomic mass is 10.0. The van der Waals surface area contributed by atoms with Gasteiger partial charge in [0.2, 0.25) is 5.91 Å². The highest BCUT2D eigenvalue weighted by Crippen LogP contribution is 2.24. The highest BCUT2D eigenvalue weighted by atomic mass is 79.9. The van der Waals surface area contributed by atoms with Gasteiger partial charge in [0.15, 0.2) is 0 Å². The van der Waals surface area contributed by atoms with E-state index in [1.54, 1.807) is 18.2 Å². The number of halogens is 2. The Bertz CT molecular complexity index is 812. The van der Waals surface area contributed by atoms with Crippen molar-refractivity contribution in [2.45, 2.75) is 25.3 Å². The number of rotatable bonds is 5. The van der Waals surface area contributed by atoms with Crippen LogP contribution in [0.25, 0.3) is 0 Å². The molecule has 1 saturated heterocycles. The van der Waals surface area contributed by atoms with E-state index in [2.05, 4.69) is 21.2 Å². The van der Waals surface area contributed by atoms with Gasteiger partial charge in [0, 0.05) is 27.6 Å². The average Bonchev–Trinajstić information content (AvgIpc) is 3.09. The molecule has 0 radical (unpaired) electrons. The van der Waals surface area contributed by atoms with E-state index in [4.69, 9.17) is 11.6 Å². The number of hydrogen-bond acceptors (Lipinski definition) is 2. The van der Waals surface area contributed by atoms with Crippen LogP contribution in [0.3, 0.4) is 0 Å². The zero-order valence-electron chi connectivity index (χ0n) is 14.3. The molecule has 6 heteroatoms. The van der Waals surface area contributed by atoms with E-state index < -0.39 is 0 Å². The summed E-state index contributed by atoms with van der Waals surface area (Å²) in [6.07, 6.45) is 2.67. The van der Waals surface area contributed by atoms with Crippen LogP contribution >= 0.6 is 27.5 Å². The average molecular weight is 436 g/mol. The quantitative estimate of drug-likeness (QED) is 0.770. The first-order chi connectivity index (χ1) is 12.5. The van der Waals surface area contributed by atoms with Crippen molar-refractivity contribution in [1.29, 1.82) is 0 Å². The number of hydrogen-bond donors (Lipinski definition) is 1. The summed E-state index contributed by atoms with van der Waals surface area (Å²) < 4.78 is 0.829. The summed E-state index contributed by atoms with van der Waals surface area (Å²) >= 11 is 9.59. The molecule has 1 aliphatic heterocycles. The van der Waals surface area contributed by atoms with E-state index in [0.717, 1.165) is 40.9 Å². The Balaban J connectivity index is 1.58. The topological polar surface area (TPSA) is 49.4 Å². The Morgan fingerprint density at radius 1 is 1.19 bits per heavy atom. The fourth-order valence-electron chi connectivity index (χ4n) is 3.28. The molecule has 4 nitrogen and oxygen atoms in total. The van der Waals surface area contributed by atoms with Crippen LogP contribution < -0.4 is 5.32 Å². The Morgan fingerprint density at radius 2 is 2.00 bits per heavy atom. The number of amides is 2. The molecule has 1 unspecified atom stereocenters. The number of nitrogens with one attached hydrogen (secondary N) is 1. The fraction of sp³-hybridized carbons (Fsp3) is 0.300. The van der Waals surface area contributed by atoms with Crippen molar-refractivity contribution < 1.29 is 9.59 Å². The maximum atomic E-state index is 12.6. The Hall–Kier alpha value is -1.85. The minimum Gasteiger partial charge on any atom is -0.343 e. The molecule has 0 bridgehead atoms. The first kappa shape index (κ1) is 18.9. The van der Waals surface area contributed by atoms with Crippen molar-refractivity contribution in [3.63, 3.8) is 0 Å². The molecule has 2 aromatic rings. The van der Waals surface area contributed by atoms with Crippen LogP contribution in [0.1, 0.15) is 28.8 Å². The standard InChI is InChI=1S/C20H20BrClN2O2/c21-16-7-3-6-15(11-16)20(26)23-13-19(25)24-10-4-8-17(24)12-14-5-1-2-9-18(14)22/h1-3,5-7,9,11,17H,4,8,10,12-13H2,(H,23,26). The Labute approximate surface area is 166 Å². The molecular formula is C20H20BrClN2O2. The Kier molecular flexibility index (Phi) is 6.33. The highest BCUT2D eigenvalue weighted by molar-refractivity contribution is 9.10. The minimum atomic E-state index is -0.249. The summed E-state index contributed by atoms with van der Waals surface area (Å²) in [5.74, 6) is -0.301. The molecular weight excluding hydrogens is 416 g/mol. The summed E-state index contributed by atoms with van der Waals surface area (Å²) in [4.78, 5) is 26.7. The molecule has 1 aliphatic rings. The molecule has 0 spiro atoms. The normalized spacial score (nSPS) is 16.5. The molecule has 1 fully saturated rings. The summed E-state index contributed by atoms with van der Waals surface area (Å²) in [7, 11) is 0. The lowest BCUT2D eigenvalue weighted by Gasteiger charge is -2.25. The van der Waals surface area contributed by atoms with Crippen molar-refractivity contribution in [2.24, 2.45) is 0 Å². The second kappa shape index (κ2) is 8.69. The van der Waals surface area contributed by atoms with Crippen LogP contribution in [0, 0.1) is 0 Å². The monoisotopic (exact) mass is 434 g/mol. The van der Waals surface area contributed by atoms with Crippen molar-refractivity contribution in [1.82, 2.24) is 10.2 Å². The fourth-order valence-corrected chi connectivity index (χ4v) is 3.90. The largest absolute Gasteiger partial charge is 0.343 e. The molecule has 2 aromatic carbocycles. The smallest absolute Gasteiger partial charge is 0.251 e. The third-order valence-electron chi connectivity index (χ3n) is 4.60. The second-order valence-electron chi connectivity index (χ2n) is 6.37. The van der Waals surface area contributed by atoms with Crippen LogP contribution in [0.5, 0.6) is 0 Å². The van der Waals surface area contributed by atoms with Gasteiger partial charge in [0.1, 0.15) is 0 Å². The predicted octanol–water partition coefficient (Wildman–Crippen LogP) is 4.07. The van der Waals surface area contributed by atoms with Crippen molar-refractivity contribution in [3.05, 3.63) is 69.2 Å². The zero-order valence-corrected chi connectivity index (χ0v) is 16.6. The molecule has 0 aromatic heterocycles. The van der Waals surface area contributed by atoms with Gasteiger partial charge in [-0.1, -0.05) is 51.8 Å². The minimum absolute atomic E-state index is 0.00433. The zero-order chi connectivity index (χ0) is 18.5. The lowest BCUT2D eigenvalue weighted by Crippen LogP contribution is -2.43. The maximum Gasteiger partial charge on any atom is 0.251 e. The van der Waals surface area contributed by atoms with Gasteiger partial charge >= 0.3 is 0 Å². The lowest BCUT2D eigenvalue weighted by molar-refractivity contribution is -0.130. The van der Waals surface area contributed by atoms with Crippen molar-refractivity contribution >= 4 is 39.3 Å². The number of carbonyl (C=O) groups is 2. The molecule has 1 atom stereocenters. The van der Waals surface area contributed by atoms with Gasteiger partial charge in [-0.2, -0.15) is 0 Å². The third-order valence-corrected chi connectivity index (χ3v) is 5.46. The molecule has 3 rings (SSSR count). The van der Waals surface area contributed by atoms with E-state index in [9.17, 15) is 9.59 Å². The molecule has 2 amide bonds. The summed E-state index contributed by atoms with van der Waals surface area (Å²) in [6, 6.07) is 15.0. The van der Waals surface area contributed by atoms with Gasteiger partial charge < -0.3 is 10.2 Å². The van der Waals surface area contributed by atoms with E-state index in [1.807, 2.05) is 35.2 Å². The van der Waals surface area contributed by atoms with Gasteiger partial charge in [-0.25, -0.2) is 0 Å². The second-order valence-corrected chi connectivity index (χ2v) is 7.69. The summed E-state index contributed by atoms with van der Waals surface area (Å²) in [5.41, 5.74) is 1.58. The molecule has 0 aliphatic carbocycles. The van der Waals surface area contributed by atoms with Gasteiger partial charge in [-0.05, 0) is 49.1 Å². The van der Waals surface area contributed by atoms with Crippen LogP contribution in [0.4, 0.5) is 0 Å². The molecule has 136 valence electrons. The van der Waals surface area contributed by atoms with Gasteiger partial charge in [-0.15, -0.1) is 0 Å². The maximum absolute atomic E-state index is 12.6.